The number of aliphatic hydroxyl groups excluding tert-OH is 1. The number of imide groups is 1. The van der Waals surface area contributed by atoms with Gasteiger partial charge in [0.2, 0.25) is 0 Å². The summed E-state index contributed by atoms with van der Waals surface area (Å²) in [6.45, 7) is -0.0726. The molecule has 0 unspecified atom stereocenters. The van der Waals surface area contributed by atoms with E-state index in [0.29, 0.717) is 33.2 Å². The van der Waals surface area contributed by atoms with Gasteiger partial charge in [0.1, 0.15) is 5.75 Å². The van der Waals surface area contributed by atoms with E-state index in [-0.39, 0.29) is 18.4 Å². The van der Waals surface area contributed by atoms with E-state index in [1.54, 1.807) is 55.6 Å². The standard InChI is InChI=1S/C19H17NO4S/c1-24-15-9-7-13(8-10-15)16-17(25-12-11-21)19(23)20(18(16)22)14-5-3-2-4-6-14/h2-10,21H,11-12H2,1H3. The van der Waals surface area contributed by atoms with Gasteiger partial charge in [0, 0.05) is 5.75 Å². The second-order valence-electron chi connectivity index (χ2n) is 5.29. The van der Waals surface area contributed by atoms with Crippen LogP contribution in [-0.2, 0) is 9.59 Å². The van der Waals surface area contributed by atoms with Crippen LogP contribution in [0.2, 0.25) is 0 Å². The first-order valence-electron chi connectivity index (χ1n) is 7.73. The fraction of sp³-hybridized carbons (Fsp3) is 0.158. The summed E-state index contributed by atoms with van der Waals surface area (Å²) in [5.41, 5.74) is 1.54. The number of carbonyl (C=O) groups is 2. The van der Waals surface area contributed by atoms with Crippen LogP contribution in [0.5, 0.6) is 5.75 Å². The van der Waals surface area contributed by atoms with Crippen molar-refractivity contribution in [2.24, 2.45) is 0 Å². The number of para-hydroxylation sites is 1. The molecular formula is C19H17NO4S. The van der Waals surface area contributed by atoms with Crippen molar-refractivity contribution < 1.29 is 19.4 Å². The lowest BCUT2D eigenvalue weighted by atomic mass is 10.1. The molecule has 0 bridgehead atoms. The lowest BCUT2D eigenvalue weighted by molar-refractivity contribution is -0.119. The summed E-state index contributed by atoms with van der Waals surface area (Å²) in [6.07, 6.45) is 0. The number of ether oxygens (including phenoxy) is 1. The number of aliphatic hydroxyl groups is 1. The van der Waals surface area contributed by atoms with Crippen molar-refractivity contribution in [1.29, 1.82) is 0 Å². The van der Waals surface area contributed by atoms with Gasteiger partial charge in [-0.1, -0.05) is 30.3 Å². The van der Waals surface area contributed by atoms with Crippen molar-refractivity contribution in [3.63, 3.8) is 0 Å². The van der Waals surface area contributed by atoms with Gasteiger partial charge in [0.25, 0.3) is 11.8 Å². The molecule has 0 aromatic heterocycles. The highest BCUT2D eigenvalue weighted by molar-refractivity contribution is 8.04. The number of rotatable bonds is 6. The first-order chi connectivity index (χ1) is 12.2. The Labute approximate surface area is 149 Å². The van der Waals surface area contributed by atoms with Crippen LogP contribution in [0.1, 0.15) is 5.56 Å². The van der Waals surface area contributed by atoms with Crippen LogP contribution in [0, 0.1) is 0 Å². The Kier molecular flexibility index (Phi) is 5.21. The number of anilines is 1. The lowest BCUT2D eigenvalue weighted by Crippen LogP contribution is -2.31. The first-order valence-corrected chi connectivity index (χ1v) is 8.72. The van der Waals surface area contributed by atoms with Crippen LogP contribution >= 0.6 is 11.8 Å². The average Bonchev–Trinajstić information content (AvgIpc) is 2.90. The molecule has 0 saturated heterocycles. The minimum atomic E-state index is -0.361. The van der Waals surface area contributed by atoms with Crippen LogP contribution in [0.4, 0.5) is 5.69 Å². The van der Waals surface area contributed by atoms with Crippen LogP contribution < -0.4 is 9.64 Å². The topological polar surface area (TPSA) is 66.8 Å². The van der Waals surface area contributed by atoms with Gasteiger partial charge in [0.15, 0.2) is 0 Å². The minimum Gasteiger partial charge on any atom is -0.497 e. The smallest absolute Gasteiger partial charge is 0.272 e. The summed E-state index contributed by atoms with van der Waals surface area (Å²) in [5.74, 6) is 0.296. The molecule has 0 atom stereocenters. The first kappa shape index (κ1) is 17.3. The number of thioether (sulfide) groups is 1. The van der Waals surface area contributed by atoms with E-state index in [9.17, 15) is 9.59 Å². The monoisotopic (exact) mass is 355 g/mol. The zero-order valence-corrected chi connectivity index (χ0v) is 14.5. The molecule has 25 heavy (non-hydrogen) atoms. The number of hydrogen-bond donors (Lipinski definition) is 1. The number of amides is 2. The quantitative estimate of drug-likeness (QED) is 0.807. The number of nitrogens with zero attached hydrogens (tertiary/aromatic N) is 1. The Balaban J connectivity index is 2.05. The van der Waals surface area contributed by atoms with E-state index in [0.717, 1.165) is 0 Å². The van der Waals surface area contributed by atoms with Crippen LogP contribution in [-0.4, -0.2) is 36.4 Å². The number of hydrogen-bond acceptors (Lipinski definition) is 5. The van der Waals surface area contributed by atoms with E-state index >= 15 is 0 Å². The van der Waals surface area contributed by atoms with Gasteiger partial charge in [-0.15, -0.1) is 11.8 Å². The molecule has 1 aliphatic rings. The van der Waals surface area contributed by atoms with Crippen molar-refractivity contribution in [3.05, 3.63) is 65.1 Å². The maximum atomic E-state index is 13.0. The number of benzene rings is 2. The predicted octanol–water partition coefficient (Wildman–Crippen LogP) is 2.71. The number of methoxy groups -OCH3 is 1. The van der Waals surface area contributed by atoms with Gasteiger partial charge in [0.05, 0.1) is 29.9 Å². The molecular weight excluding hydrogens is 338 g/mol. The van der Waals surface area contributed by atoms with Gasteiger partial charge >= 0.3 is 0 Å². The van der Waals surface area contributed by atoms with E-state index in [4.69, 9.17) is 9.84 Å². The van der Waals surface area contributed by atoms with Crippen molar-refractivity contribution in [3.8, 4) is 5.75 Å². The molecule has 2 aromatic rings. The van der Waals surface area contributed by atoms with Gasteiger partial charge < -0.3 is 9.84 Å². The molecule has 5 nitrogen and oxygen atoms in total. The second-order valence-corrected chi connectivity index (χ2v) is 6.39. The predicted molar refractivity (Wildman–Crippen MR) is 98.4 cm³/mol. The largest absolute Gasteiger partial charge is 0.497 e. The summed E-state index contributed by atoms with van der Waals surface area (Å²) in [7, 11) is 1.57. The fourth-order valence-corrected chi connectivity index (χ4v) is 3.47. The Morgan fingerprint density at radius 2 is 1.68 bits per heavy atom. The molecule has 128 valence electrons. The summed E-state index contributed by atoms with van der Waals surface area (Å²) in [6, 6.07) is 15.8. The number of carbonyl (C=O) groups excluding carboxylic acids is 2. The highest BCUT2D eigenvalue weighted by atomic mass is 32.2. The van der Waals surface area contributed by atoms with Gasteiger partial charge in [-0.05, 0) is 29.8 Å². The minimum absolute atomic E-state index is 0.0726. The molecule has 1 heterocycles. The van der Waals surface area contributed by atoms with Gasteiger partial charge in [-0.2, -0.15) is 0 Å². The molecule has 0 fully saturated rings. The summed E-state index contributed by atoms with van der Waals surface area (Å²) in [5, 5.41) is 9.12. The van der Waals surface area contributed by atoms with Gasteiger partial charge in [-0.3, -0.25) is 9.59 Å². The van der Waals surface area contributed by atoms with E-state index in [1.165, 1.54) is 16.7 Å². The summed E-state index contributed by atoms with van der Waals surface area (Å²) < 4.78 is 5.15. The molecule has 0 saturated carbocycles. The maximum Gasteiger partial charge on any atom is 0.272 e. The zero-order valence-electron chi connectivity index (χ0n) is 13.6. The Hall–Kier alpha value is -2.57. The fourth-order valence-electron chi connectivity index (χ4n) is 2.62. The molecule has 0 radical (unpaired) electrons. The van der Waals surface area contributed by atoms with Gasteiger partial charge in [-0.25, -0.2) is 4.90 Å². The Morgan fingerprint density at radius 1 is 1.00 bits per heavy atom. The molecule has 1 aliphatic heterocycles. The molecule has 2 amide bonds. The third-order valence-electron chi connectivity index (χ3n) is 3.77. The van der Waals surface area contributed by atoms with Crippen molar-refractivity contribution >= 4 is 34.8 Å². The van der Waals surface area contributed by atoms with E-state index in [2.05, 4.69) is 0 Å². The van der Waals surface area contributed by atoms with Crippen molar-refractivity contribution in [1.82, 2.24) is 0 Å². The maximum absolute atomic E-state index is 13.0. The van der Waals surface area contributed by atoms with E-state index in [1.807, 2.05) is 6.07 Å². The zero-order chi connectivity index (χ0) is 17.8. The van der Waals surface area contributed by atoms with Crippen LogP contribution in [0.25, 0.3) is 5.57 Å². The van der Waals surface area contributed by atoms with Crippen molar-refractivity contribution in [2.45, 2.75) is 0 Å². The van der Waals surface area contributed by atoms with E-state index < -0.39 is 0 Å². The second kappa shape index (κ2) is 7.55. The summed E-state index contributed by atoms with van der Waals surface area (Å²) >= 11 is 1.19. The third kappa shape index (κ3) is 3.31. The molecule has 0 spiro atoms. The SMILES string of the molecule is COc1ccc(C2=C(SCCO)C(=O)N(c3ccccc3)C2=O)cc1. The Morgan fingerprint density at radius 3 is 2.28 bits per heavy atom. The van der Waals surface area contributed by atoms with Crippen LogP contribution in [0.3, 0.4) is 0 Å². The lowest BCUT2D eigenvalue weighted by Gasteiger charge is -2.14. The molecule has 1 N–H and O–H groups in total. The normalized spacial score (nSPS) is 14.4. The average molecular weight is 355 g/mol. The third-order valence-corrected chi connectivity index (χ3v) is 4.83. The molecule has 3 rings (SSSR count). The molecule has 0 aliphatic carbocycles. The van der Waals surface area contributed by atoms with Crippen LogP contribution in [0.15, 0.2) is 59.5 Å². The Bertz CT molecular complexity index is 815. The molecule has 6 heteroatoms. The van der Waals surface area contributed by atoms with Crippen molar-refractivity contribution in [2.75, 3.05) is 24.4 Å². The molecule has 2 aromatic carbocycles. The highest BCUT2D eigenvalue weighted by Crippen LogP contribution is 2.38. The summed E-state index contributed by atoms with van der Waals surface area (Å²) in [4.78, 5) is 27.4. The highest BCUT2D eigenvalue weighted by Gasteiger charge is 2.39.